The Morgan fingerprint density at radius 2 is 1.92 bits per heavy atom. The van der Waals surface area contributed by atoms with Crippen LogP contribution >= 0.6 is 0 Å². The predicted molar refractivity (Wildman–Crippen MR) is 86.1 cm³/mol. The van der Waals surface area contributed by atoms with Crippen LogP contribution in [0.25, 0.3) is 6.08 Å². The van der Waals surface area contributed by atoms with Gasteiger partial charge in [-0.1, -0.05) is 24.3 Å². The third-order valence-electron chi connectivity index (χ3n) is 3.20. The number of allylic oxidation sites excluding steroid dienone is 1. The van der Waals surface area contributed by atoms with Gasteiger partial charge in [0.2, 0.25) is 0 Å². The number of nitro groups is 1. The van der Waals surface area contributed by atoms with Gasteiger partial charge < -0.3 is 9.47 Å². The molecule has 2 aromatic carbocycles. The molecule has 2 aromatic rings. The second-order valence-electron chi connectivity index (χ2n) is 4.76. The largest absolute Gasteiger partial charge is 0.493 e. The molecule has 2 rings (SSSR count). The number of para-hydroxylation sites is 1. The molecule has 8 heteroatoms. The number of hydrogen-bond donors (Lipinski definition) is 0. The molecule has 0 atom stereocenters. The average Bonchev–Trinajstić information content (AvgIpc) is 2.60. The molecule has 130 valence electrons. The second kappa shape index (κ2) is 8.00. The van der Waals surface area contributed by atoms with Crippen LogP contribution in [-0.2, 0) is 0 Å². The quantitative estimate of drug-likeness (QED) is 0.325. The molecular weight excluding hydrogens is 336 g/mol. The van der Waals surface area contributed by atoms with Crippen LogP contribution in [0.2, 0.25) is 0 Å². The molecule has 0 aliphatic rings. The summed E-state index contributed by atoms with van der Waals surface area (Å²) in [5.74, 6) is -0.626. The van der Waals surface area contributed by atoms with Crippen molar-refractivity contribution in [1.29, 1.82) is 0 Å². The number of methoxy groups -OCH3 is 1. The van der Waals surface area contributed by atoms with E-state index in [0.717, 1.165) is 6.08 Å². The molecule has 0 heterocycles. The van der Waals surface area contributed by atoms with E-state index in [9.17, 15) is 23.7 Å². The normalized spacial score (nSPS) is 10.9. The van der Waals surface area contributed by atoms with Crippen LogP contribution in [0.1, 0.15) is 15.9 Å². The number of ketones is 1. The molecule has 0 fully saturated rings. The maximum Gasteiger partial charge on any atom is 0.387 e. The van der Waals surface area contributed by atoms with E-state index in [1.165, 1.54) is 55.7 Å². The molecular formula is C17H13F2NO5. The van der Waals surface area contributed by atoms with Gasteiger partial charge in [-0.25, -0.2) is 0 Å². The van der Waals surface area contributed by atoms with Crippen LogP contribution < -0.4 is 9.47 Å². The molecule has 0 unspecified atom stereocenters. The number of carbonyl (C=O) groups excluding carboxylic acids is 1. The minimum Gasteiger partial charge on any atom is -0.493 e. The van der Waals surface area contributed by atoms with Crippen LogP contribution in [-0.4, -0.2) is 24.4 Å². The average molecular weight is 349 g/mol. The van der Waals surface area contributed by atoms with Crippen molar-refractivity contribution in [3.05, 3.63) is 69.8 Å². The van der Waals surface area contributed by atoms with E-state index in [0.29, 0.717) is 5.56 Å². The summed E-state index contributed by atoms with van der Waals surface area (Å²) in [6, 6.07) is 9.70. The van der Waals surface area contributed by atoms with E-state index < -0.39 is 17.3 Å². The van der Waals surface area contributed by atoms with E-state index in [1.807, 2.05) is 0 Å². The highest BCUT2D eigenvalue weighted by Gasteiger charge is 2.17. The Labute approximate surface area is 141 Å². The molecule has 0 N–H and O–H groups in total. The molecule has 0 aromatic heterocycles. The Morgan fingerprint density at radius 1 is 1.20 bits per heavy atom. The van der Waals surface area contributed by atoms with E-state index in [2.05, 4.69) is 4.74 Å². The third-order valence-corrected chi connectivity index (χ3v) is 3.20. The summed E-state index contributed by atoms with van der Waals surface area (Å²) in [5.41, 5.74) is 0.134. The van der Waals surface area contributed by atoms with Gasteiger partial charge in [0.25, 0.3) is 5.69 Å². The maximum atomic E-state index is 12.3. The standard InChI is InChI=1S/C17H13F2NO5/c1-24-16-10-11(7-9-15(16)25-17(18)19)6-8-14(21)12-4-2-3-5-13(12)20(22)23/h2-10,17H,1H3/b8-6+. The van der Waals surface area contributed by atoms with Crippen molar-refractivity contribution in [2.45, 2.75) is 6.61 Å². The van der Waals surface area contributed by atoms with Gasteiger partial charge in [0.15, 0.2) is 17.3 Å². The Balaban J connectivity index is 2.24. The number of halogens is 2. The molecule has 0 radical (unpaired) electrons. The van der Waals surface area contributed by atoms with E-state index in [1.54, 1.807) is 0 Å². The predicted octanol–water partition coefficient (Wildman–Crippen LogP) is 4.10. The smallest absolute Gasteiger partial charge is 0.387 e. The summed E-state index contributed by atoms with van der Waals surface area (Å²) in [7, 11) is 1.29. The van der Waals surface area contributed by atoms with Gasteiger partial charge in [-0.3, -0.25) is 14.9 Å². The van der Waals surface area contributed by atoms with E-state index >= 15 is 0 Å². The van der Waals surface area contributed by atoms with Gasteiger partial charge in [0.05, 0.1) is 17.6 Å². The van der Waals surface area contributed by atoms with Gasteiger partial charge in [-0.15, -0.1) is 0 Å². The monoisotopic (exact) mass is 349 g/mol. The number of rotatable bonds is 7. The summed E-state index contributed by atoms with van der Waals surface area (Å²) in [6.45, 7) is -2.99. The number of alkyl halides is 2. The lowest BCUT2D eigenvalue weighted by Crippen LogP contribution is -2.03. The number of hydrogen-bond acceptors (Lipinski definition) is 5. The number of benzene rings is 2. The molecule has 0 spiro atoms. The zero-order chi connectivity index (χ0) is 18.4. The molecule has 0 aliphatic carbocycles. The number of nitro benzene ring substituents is 1. The molecule has 0 saturated carbocycles. The summed E-state index contributed by atoms with van der Waals surface area (Å²) in [4.78, 5) is 22.5. The molecule has 0 aliphatic heterocycles. The van der Waals surface area contributed by atoms with Crippen LogP contribution in [0.5, 0.6) is 11.5 Å². The van der Waals surface area contributed by atoms with E-state index in [4.69, 9.17) is 4.74 Å². The first kappa shape index (κ1) is 18.1. The highest BCUT2D eigenvalue weighted by atomic mass is 19.3. The third kappa shape index (κ3) is 4.60. The Kier molecular flexibility index (Phi) is 5.78. The first-order valence-electron chi connectivity index (χ1n) is 7.01. The minimum absolute atomic E-state index is 0.0478. The zero-order valence-electron chi connectivity index (χ0n) is 13.0. The van der Waals surface area contributed by atoms with Crippen LogP contribution in [0.15, 0.2) is 48.5 Å². The maximum absolute atomic E-state index is 12.3. The Bertz CT molecular complexity index is 820. The lowest BCUT2D eigenvalue weighted by atomic mass is 10.1. The number of nitrogens with zero attached hydrogens (tertiary/aromatic N) is 1. The highest BCUT2D eigenvalue weighted by Crippen LogP contribution is 2.30. The van der Waals surface area contributed by atoms with Crippen molar-refractivity contribution in [1.82, 2.24) is 0 Å². The lowest BCUT2D eigenvalue weighted by Gasteiger charge is -2.10. The van der Waals surface area contributed by atoms with Gasteiger partial charge in [0, 0.05) is 6.07 Å². The molecule has 0 bridgehead atoms. The van der Waals surface area contributed by atoms with Crippen molar-refractivity contribution in [3.8, 4) is 11.5 Å². The summed E-state index contributed by atoms with van der Waals surface area (Å²) in [5, 5.41) is 10.9. The fraction of sp³-hybridized carbons (Fsp3) is 0.118. The highest BCUT2D eigenvalue weighted by molar-refractivity contribution is 6.09. The SMILES string of the molecule is COc1cc(/C=C/C(=O)c2ccccc2[N+](=O)[O-])ccc1OC(F)F. The first-order valence-corrected chi connectivity index (χ1v) is 7.01. The van der Waals surface area contributed by atoms with Crippen molar-refractivity contribution in [2.24, 2.45) is 0 Å². The fourth-order valence-corrected chi connectivity index (χ4v) is 2.08. The second-order valence-corrected chi connectivity index (χ2v) is 4.76. The molecule has 0 saturated heterocycles. The first-order chi connectivity index (χ1) is 11.9. The number of carbonyl (C=O) groups is 1. The van der Waals surface area contributed by atoms with Crippen LogP contribution in [0.3, 0.4) is 0 Å². The molecule has 25 heavy (non-hydrogen) atoms. The molecule has 0 amide bonds. The minimum atomic E-state index is -2.99. The van der Waals surface area contributed by atoms with Gasteiger partial charge >= 0.3 is 6.61 Å². The van der Waals surface area contributed by atoms with Crippen LogP contribution in [0, 0.1) is 10.1 Å². The number of ether oxygens (including phenoxy) is 2. The van der Waals surface area contributed by atoms with Gasteiger partial charge in [-0.05, 0) is 29.8 Å². The Morgan fingerprint density at radius 3 is 2.56 bits per heavy atom. The van der Waals surface area contributed by atoms with Gasteiger partial charge in [-0.2, -0.15) is 8.78 Å². The van der Waals surface area contributed by atoms with Crippen molar-refractivity contribution < 1.29 is 28.0 Å². The Hall–Kier alpha value is -3.29. The van der Waals surface area contributed by atoms with Crippen molar-refractivity contribution in [2.75, 3.05) is 7.11 Å². The van der Waals surface area contributed by atoms with Crippen molar-refractivity contribution in [3.63, 3.8) is 0 Å². The molecule has 6 nitrogen and oxygen atoms in total. The fourth-order valence-electron chi connectivity index (χ4n) is 2.08. The summed E-state index contributed by atoms with van der Waals surface area (Å²) < 4.78 is 33.8. The van der Waals surface area contributed by atoms with Crippen molar-refractivity contribution >= 4 is 17.5 Å². The lowest BCUT2D eigenvalue weighted by molar-refractivity contribution is -0.385. The topological polar surface area (TPSA) is 78.7 Å². The van der Waals surface area contributed by atoms with E-state index in [-0.39, 0.29) is 22.7 Å². The van der Waals surface area contributed by atoms with Crippen LogP contribution in [0.4, 0.5) is 14.5 Å². The zero-order valence-corrected chi connectivity index (χ0v) is 13.0. The van der Waals surface area contributed by atoms with Gasteiger partial charge in [0.1, 0.15) is 0 Å². The summed E-state index contributed by atoms with van der Waals surface area (Å²) >= 11 is 0. The summed E-state index contributed by atoms with van der Waals surface area (Å²) in [6.07, 6.45) is 2.55.